The Hall–Kier alpha value is -2.28. The lowest BCUT2D eigenvalue weighted by molar-refractivity contribution is 0.102. The van der Waals surface area contributed by atoms with E-state index in [1.165, 1.54) is 11.3 Å². The third-order valence-corrected chi connectivity index (χ3v) is 5.58. The molecule has 0 unspecified atom stereocenters. The van der Waals surface area contributed by atoms with E-state index in [1.807, 2.05) is 36.4 Å². The number of carbonyl (C=O) groups excluding carboxylic acids is 1. The van der Waals surface area contributed by atoms with E-state index >= 15 is 0 Å². The minimum absolute atomic E-state index is 0.256. The molecule has 2 aromatic carbocycles. The number of benzene rings is 2. The van der Waals surface area contributed by atoms with Gasteiger partial charge in [-0.3, -0.25) is 4.79 Å². The smallest absolute Gasteiger partial charge is 0.257 e. The van der Waals surface area contributed by atoms with Crippen molar-refractivity contribution in [2.24, 2.45) is 0 Å². The zero-order valence-corrected chi connectivity index (χ0v) is 16.4. The SMILES string of the molecule is O=C(Nc1ccc(-c2nc3cccnc3s2)cc1)c1cc(Br)ccc1Cl. The van der Waals surface area contributed by atoms with Crippen LogP contribution in [0.4, 0.5) is 5.69 Å². The summed E-state index contributed by atoms with van der Waals surface area (Å²) in [5.74, 6) is -0.256. The van der Waals surface area contributed by atoms with Crippen molar-refractivity contribution < 1.29 is 4.79 Å². The first-order valence-electron chi connectivity index (χ1n) is 7.68. The van der Waals surface area contributed by atoms with Gasteiger partial charge in [0.1, 0.15) is 15.4 Å². The molecule has 0 saturated carbocycles. The molecule has 26 heavy (non-hydrogen) atoms. The highest BCUT2D eigenvalue weighted by Crippen LogP contribution is 2.29. The minimum atomic E-state index is -0.256. The second-order valence-corrected chi connectivity index (χ2v) is 7.80. The summed E-state index contributed by atoms with van der Waals surface area (Å²) in [7, 11) is 0. The van der Waals surface area contributed by atoms with Crippen LogP contribution in [0.15, 0.2) is 65.3 Å². The van der Waals surface area contributed by atoms with Crippen LogP contribution in [-0.4, -0.2) is 15.9 Å². The monoisotopic (exact) mass is 443 g/mol. The second-order valence-electron chi connectivity index (χ2n) is 5.50. The summed E-state index contributed by atoms with van der Waals surface area (Å²) in [4.78, 5) is 22.2. The lowest BCUT2D eigenvalue weighted by Gasteiger charge is -2.08. The third-order valence-electron chi connectivity index (χ3n) is 3.73. The zero-order valence-electron chi connectivity index (χ0n) is 13.2. The Bertz CT molecular complexity index is 1080. The van der Waals surface area contributed by atoms with Gasteiger partial charge < -0.3 is 5.32 Å². The van der Waals surface area contributed by atoms with Crippen LogP contribution in [0.1, 0.15) is 10.4 Å². The largest absolute Gasteiger partial charge is 0.322 e. The van der Waals surface area contributed by atoms with Crippen molar-refractivity contribution in [1.29, 1.82) is 0 Å². The third kappa shape index (κ3) is 3.49. The molecule has 0 bridgehead atoms. The highest BCUT2D eigenvalue weighted by molar-refractivity contribution is 9.10. The van der Waals surface area contributed by atoms with Gasteiger partial charge in [-0.1, -0.05) is 38.9 Å². The molecule has 0 aliphatic rings. The van der Waals surface area contributed by atoms with Crippen molar-refractivity contribution in [2.45, 2.75) is 0 Å². The molecule has 0 atom stereocenters. The normalized spacial score (nSPS) is 10.8. The molecule has 1 N–H and O–H groups in total. The predicted octanol–water partition coefficient (Wildman–Crippen LogP) is 6.03. The fraction of sp³-hybridized carbons (Fsp3) is 0. The number of hydrogen-bond acceptors (Lipinski definition) is 4. The van der Waals surface area contributed by atoms with Gasteiger partial charge in [-0.2, -0.15) is 0 Å². The lowest BCUT2D eigenvalue weighted by atomic mass is 10.2. The first-order valence-corrected chi connectivity index (χ1v) is 9.67. The van der Waals surface area contributed by atoms with E-state index in [1.54, 1.807) is 24.4 Å². The van der Waals surface area contributed by atoms with Crippen molar-refractivity contribution in [3.05, 3.63) is 75.9 Å². The zero-order chi connectivity index (χ0) is 18.1. The second kappa shape index (κ2) is 7.15. The molecule has 0 fully saturated rings. The number of aromatic nitrogens is 2. The molecule has 4 aromatic rings. The Balaban J connectivity index is 1.56. The van der Waals surface area contributed by atoms with Crippen LogP contribution in [0.3, 0.4) is 0 Å². The van der Waals surface area contributed by atoms with Crippen molar-refractivity contribution >= 4 is 60.8 Å². The van der Waals surface area contributed by atoms with Crippen LogP contribution < -0.4 is 5.32 Å². The van der Waals surface area contributed by atoms with E-state index < -0.39 is 0 Å². The predicted molar refractivity (Wildman–Crippen MR) is 110 cm³/mol. The van der Waals surface area contributed by atoms with Crippen LogP contribution in [-0.2, 0) is 0 Å². The summed E-state index contributed by atoms with van der Waals surface area (Å²) in [5, 5.41) is 4.16. The number of halogens is 2. The van der Waals surface area contributed by atoms with Gasteiger partial charge in [0.2, 0.25) is 0 Å². The molecule has 1 amide bonds. The molecule has 7 heteroatoms. The lowest BCUT2D eigenvalue weighted by Crippen LogP contribution is -2.12. The highest BCUT2D eigenvalue weighted by Gasteiger charge is 2.12. The molecule has 0 spiro atoms. The topological polar surface area (TPSA) is 54.9 Å². The summed E-state index contributed by atoms with van der Waals surface area (Å²) in [6.07, 6.45) is 1.76. The first-order chi connectivity index (χ1) is 12.6. The Morgan fingerprint density at radius 1 is 1.12 bits per heavy atom. The van der Waals surface area contributed by atoms with Crippen molar-refractivity contribution in [2.75, 3.05) is 5.32 Å². The molecule has 4 rings (SSSR count). The average molecular weight is 445 g/mol. The summed E-state index contributed by atoms with van der Waals surface area (Å²) in [6, 6.07) is 16.5. The number of amides is 1. The van der Waals surface area contributed by atoms with Gasteiger partial charge in [-0.25, -0.2) is 9.97 Å². The van der Waals surface area contributed by atoms with Crippen LogP contribution >= 0.6 is 38.9 Å². The number of fused-ring (bicyclic) bond motifs is 1. The van der Waals surface area contributed by atoms with Gasteiger partial charge in [-0.15, -0.1) is 0 Å². The van der Waals surface area contributed by atoms with Crippen molar-refractivity contribution in [3.8, 4) is 10.6 Å². The summed E-state index contributed by atoms with van der Waals surface area (Å²) in [6.45, 7) is 0. The highest BCUT2D eigenvalue weighted by atomic mass is 79.9. The van der Waals surface area contributed by atoms with Gasteiger partial charge in [0, 0.05) is 21.9 Å². The van der Waals surface area contributed by atoms with Crippen LogP contribution in [0.2, 0.25) is 5.02 Å². The number of thiazole rings is 1. The van der Waals surface area contributed by atoms with Crippen molar-refractivity contribution in [3.63, 3.8) is 0 Å². The molecular weight excluding hydrogens is 434 g/mol. The maximum Gasteiger partial charge on any atom is 0.257 e. The van der Waals surface area contributed by atoms with Crippen LogP contribution in [0.5, 0.6) is 0 Å². The first kappa shape index (κ1) is 17.1. The molecule has 0 saturated heterocycles. The Kier molecular flexibility index (Phi) is 4.72. The van der Waals surface area contributed by atoms with E-state index in [-0.39, 0.29) is 5.91 Å². The number of pyridine rings is 1. The number of nitrogens with one attached hydrogen (secondary N) is 1. The molecule has 0 aliphatic carbocycles. The standard InChI is InChI=1S/C19H11BrClN3OS/c20-12-5-8-15(21)14(10-12)17(25)23-13-6-3-11(4-7-13)18-24-16-2-1-9-22-19(16)26-18/h1-10H,(H,23,25). The molecule has 2 aromatic heterocycles. The summed E-state index contributed by atoms with van der Waals surface area (Å²) >= 11 is 11.0. The van der Waals surface area contributed by atoms with E-state index in [2.05, 4.69) is 31.2 Å². The molecule has 0 aliphatic heterocycles. The van der Waals surface area contributed by atoms with Crippen molar-refractivity contribution in [1.82, 2.24) is 9.97 Å². The number of nitrogens with zero attached hydrogens (tertiary/aromatic N) is 2. The Morgan fingerprint density at radius 3 is 2.69 bits per heavy atom. The number of anilines is 1. The minimum Gasteiger partial charge on any atom is -0.322 e. The number of carbonyl (C=O) groups is 1. The Morgan fingerprint density at radius 2 is 1.92 bits per heavy atom. The number of rotatable bonds is 3. The van der Waals surface area contributed by atoms with E-state index in [0.29, 0.717) is 16.3 Å². The quantitative estimate of drug-likeness (QED) is 0.420. The number of hydrogen-bond donors (Lipinski definition) is 1. The van der Waals surface area contributed by atoms with E-state index in [0.717, 1.165) is 25.4 Å². The van der Waals surface area contributed by atoms with Gasteiger partial charge in [0.15, 0.2) is 0 Å². The molecule has 0 radical (unpaired) electrons. The van der Waals surface area contributed by atoms with Gasteiger partial charge in [0.25, 0.3) is 5.91 Å². The molecule has 2 heterocycles. The molecular formula is C19H11BrClN3OS. The maximum absolute atomic E-state index is 12.4. The maximum atomic E-state index is 12.4. The van der Waals surface area contributed by atoms with Gasteiger partial charge in [-0.05, 0) is 54.6 Å². The van der Waals surface area contributed by atoms with Gasteiger partial charge >= 0.3 is 0 Å². The van der Waals surface area contributed by atoms with Crippen LogP contribution in [0.25, 0.3) is 20.9 Å². The summed E-state index contributed by atoms with van der Waals surface area (Å²) < 4.78 is 0.798. The molecule has 128 valence electrons. The average Bonchev–Trinajstić information content (AvgIpc) is 3.08. The Labute approximate surface area is 167 Å². The van der Waals surface area contributed by atoms with Gasteiger partial charge in [0.05, 0.1) is 10.6 Å². The van der Waals surface area contributed by atoms with E-state index in [9.17, 15) is 4.79 Å². The summed E-state index contributed by atoms with van der Waals surface area (Å²) in [5.41, 5.74) is 2.97. The van der Waals surface area contributed by atoms with Crippen LogP contribution in [0, 0.1) is 0 Å². The molecule has 4 nitrogen and oxygen atoms in total. The fourth-order valence-electron chi connectivity index (χ4n) is 2.46. The fourth-order valence-corrected chi connectivity index (χ4v) is 3.94. The van der Waals surface area contributed by atoms with E-state index in [4.69, 9.17) is 11.6 Å².